The minimum Gasteiger partial charge on any atom is -0.406 e. The third-order valence-corrected chi connectivity index (χ3v) is 11.8. The monoisotopic (exact) mass is 547 g/mol. The van der Waals surface area contributed by atoms with Crippen molar-refractivity contribution in [3.63, 3.8) is 0 Å². The van der Waals surface area contributed by atoms with E-state index in [2.05, 4.69) is 49.1 Å². The lowest BCUT2D eigenvalue weighted by molar-refractivity contribution is -0.0484. The van der Waals surface area contributed by atoms with Gasteiger partial charge in [0, 0.05) is 16.3 Å². The number of amides is 1. The molecule has 37 heavy (non-hydrogen) atoms. The number of hydrogen-bond acceptors (Lipinski definition) is 8. The number of benzene rings is 1. The first kappa shape index (κ1) is 27.5. The highest BCUT2D eigenvalue weighted by atomic mass is 31.1. The fourth-order valence-corrected chi connectivity index (χ4v) is 5.73. The van der Waals surface area contributed by atoms with Gasteiger partial charge in [0.2, 0.25) is 0 Å². The number of imidazole rings is 1. The molecule has 0 spiro atoms. The first-order valence-corrected chi connectivity index (χ1v) is 15.9. The van der Waals surface area contributed by atoms with E-state index in [0.29, 0.717) is 16.6 Å². The highest BCUT2D eigenvalue weighted by molar-refractivity contribution is 7.32. The van der Waals surface area contributed by atoms with Gasteiger partial charge in [0.15, 0.2) is 26.5 Å². The zero-order chi connectivity index (χ0) is 27.0. The zero-order valence-corrected chi connectivity index (χ0v) is 23.3. The maximum absolute atomic E-state index is 12.7. The molecule has 0 aliphatic carbocycles. The lowest BCUT2D eigenvalue weighted by Gasteiger charge is -2.40. The average Bonchev–Trinajstić information content (AvgIpc) is 3.40. The smallest absolute Gasteiger partial charge is 0.406 e. The SMILES string of the molecule is CC(C)(C)[Si](C)(C)O[C@H]1C(n2cnc3c(NC(=O)c4ccccc4)nccc32)O[C@H](CO)[C@H]1O[P+](=O)O. The molecule has 2 aromatic heterocycles. The maximum atomic E-state index is 12.7. The summed E-state index contributed by atoms with van der Waals surface area (Å²) in [7, 11) is -5.39. The number of aliphatic hydroxyl groups is 1. The number of hydrogen-bond donors (Lipinski definition) is 3. The highest BCUT2D eigenvalue weighted by Gasteiger charge is 2.54. The van der Waals surface area contributed by atoms with Crippen LogP contribution in [0.1, 0.15) is 37.4 Å². The van der Waals surface area contributed by atoms with Crippen molar-refractivity contribution in [2.24, 2.45) is 0 Å². The number of fused-ring (bicyclic) bond motifs is 1. The van der Waals surface area contributed by atoms with Crippen molar-refractivity contribution in [1.29, 1.82) is 0 Å². The molecule has 3 heterocycles. The Bertz CT molecular complexity index is 1280. The number of nitrogens with one attached hydrogen (secondary N) is 1. The predicted molar refractivity (Wildman–Crippen MR) is 140 cm³/mol. The van der Waals surface area contributed by atoms with E-state index in [1.807, 2.05) is 6.07 Å². The number of anilines is 1. The van der Waals surface area contributed by atoms with Gasteiger partial charge in [-0.05, 0) is 36.3 Å². The number of aliphatic hydroxyl groups excluding tert-OH is 1. The molecule has 11 nitrogen and oxygen atoms in total. The Labute approximate surface area is 216 Å². The van der Waals surface area contributed by atoms with Crippen molar-refractivity contribution < 1.29 is 33.0 Å². The van der Waals surface area contributed by atoms with Crippen molar-refractivity contribution in [2.45, 2.75) is 63.4 Å². The van der Waals surface area contributed by atoms with Crippen molar-refractivity contribution in [3.8, 4) is 0 Å². The van der Waals surface area contributed by atoms with Crippen LogP contribution < -0.4 is 5.32 Å². The van der Waals surface area contributed by atoms with E-state index in [-0.39, 0.29) is 16.8 Å². The summed E-state index contributed by atoms with van der Waals surface area (Å²) < 4.78 is 31.5. The standard InChI is InChI=1S/C24H31N4O7PSi/c1-24(2,3)37(4,5)35-20-19(34-36(31)32)17(13-29)33-23(20)28-14-26-18-16(28)11-12-25-21(18)27-22(30)15-9-7-6-8-10-15/h6-12,14,17,19-20,23,29H,13H2,1-5H3,(H-,25,27,30,31,32)/p+1/t17-,19-,20-,23?/m1/s1. The average molecular weight is 548 g/mol. The molecular weight excluding hydrogens is 515 g/mol. The number of rotatable bonds is 8. The Kier molecular flexibility index (Phi) is 7.91. The second kappa shape index (κ2) is 10.7. The van der Waals surface area contributed by atoms with Crippen LogP contribution in [0.5, 0.6) is 0 Å². The first-order chi connectivity index (χ1) is 17.4. The molecule has 2 unspecified atom stereocenters. The molecule has 198 valence electrons. The molecule has 5 atom stereocenters. The molecule has 1 amide bonds. The molecule has 1 fully saturated rings. The van der Waals surface area contributed by atoms with Crippen LogP contribution in [0, 0.1) is 0 Å². The number of ether oxygens (including phenoxy) is 1. The van der Waals surface area contributed by atoms with E-state index in [1.54, 1.807) is 41.1 Å². The van der Waals surface area contributed by atoms with Gasteiger partial charge in [0.1, 0.15) is 17.7 Å². The summed E-state index contributed by atoms with van der Waals surface area (Å²) in [6.45, 7) is 9.91. The first-order valence-electron chi connectivity index (χ1n) is 11.9. The minimum absolute atomic E-state index is 0.170. The molecule has 3 aromatic rings. The number of carbonyl (C=O) groups excluding carboxylic acids is 1. The number of pyridine rings is 1. The Balaban J connectivity index is 1.72. The second-order valence-corrected chi connectivity index (χ2v) is 15.8. The lowest BCUT2D eigenvalue weighted by atomic mass is 10.1. The number of aromatic nitrogens is 3. The molecule has 1 aliphatic rings. The van der Waals surface area contributed by atoms with Crippen LogP contribution in [0.15, 0.2) is 48.9 Å². The van der Waals surface area contributed by atoms with Gasteiger partial charge < -0.3 is 24.2 Å². The van der Waals surface area contributed by atoms with Crippen molar-refractivity contribution >= 4 is 39.3 Å². The van der Waals surface area contributed by atoms with Gasteiger partial charge >= 0.3 is 8.25 Å². The van der Waals surface area contributed by atoms with Crippen molar-refractivity contribution in [3.05, 3.63) is 54.5 Å². The van der Waals surface area contributed by atoms with Crippen LogP contribution >= 0.6 is 8.25 Å². The Hall–Kier alpha value is -2.57. The Morgan fingerprint density at radius 2 is 1.89 bits per heavy atom. The quantitative estimate of drug-likeness (QED) is 0.281. The molecule has 3 N–H and O–H groups in total. The van der Waals surface area contributed by atoms with Gasteiger partial charge in [-0.25, -0.2) is 9.97 Å². The maximum Gasteiger partial charge on any atom is 0.695 e. The second-order valence-electron chi connectivity index (χ2n) is 10.4. The molecule has 1 aromatic carbocycles. The van der Waals surface area contributed by atoms with E-state index in [9.17, 15) is 19.4 Å². The third kappa shape index (κ3) is 5.65. The summed E-state index contributed by atoms with van der Waals surface area (Å²) in [5, 5.41) is 12.6. The number of nitrogens with zero attached hydrogens (tertiary/aromatic N) is 3. The van der Waals surface area contributed by atoms with Gasteiger partial charge in [0.05, 0.1) is 18.5 Å². The molecule has 0 saturated carbocycles. The van der Waals surface area contributed by atoms with Crippen LogP contribution in [0.4, 0.5) is 5.82 Å². The van der Waals surface area contributed by atoms with E-state index >= 15 is 0 Å². The summed E-state index contributed by atoms with van der Waals surface area (Å²) in [6.07, 6.45) is -0.445. The largest absolute Gasteiger partial charge is 0.695 e. The van der Waals surface area contributed by atoms with Gasteiger partial charge in [-0.2, -0.15) is 0 Å². The molecule has 0 radical (unpaired) electrons. The molecule has 4 rings (SSSR count). The summed E-state index contributed by atoms with van der Waals surface area (Å²) in [4.78, 5) is 31.0. The summed E-state index contributed by atoms with van der Waals surface area (Å²) in [6, 6.07) is 10.5. The molecule has 0 bridgehead atoms. The topological polar surface area (TPSA) is 145 Å². The van der Waals surface area contributed by atoms with Gasteiger partial charge in [0.25, 0.3) is 5.91 Å². The van der Waals surface area contributed by atoms with Gasteiger partial charge in [-0.15, -0.1) is 9.42 Å². The van der Waals surface area contributed by atoms with Crippen molar-refractivity contribution in [2.75, 3.05) is 11.9 Å². The molecule has 13 heteroatoms. The van der Waals surface area contributed by atoms with Crippen LogP contribution in [-0.2, 0) is 18.3 Å². The normalized spacial score (nSPS) is 22.8. The zero-order valence-electron chi connectivity index (χ0n) is 21.4. The van der Waals surface area contributed by atoms with E-state index in [1.165, 1.54) is 6.33 Å². The highest BCUT2D eigenvalue weighted by Crippen LogP contribution is 2.44. The lowest BCUT2D eigenvalue weighted by Crippen LogP contribution is -2.49. The molecule has 1 saturated heterocycles. The third-order valence-electron chi connectivity index (χ3n) is 6.95. The van der Waals surface area contributed by atoms with E-state index < -0.39 is 47.7 Å². The Morgan fingerprint density at radius 3 is 2.51 bits per heavy atom. The minimum atomic E-state index is -2.98. The predicted octanol–water partition coefficient (Wildman–Crippen LogP) is 4.00. The summed E-state index contributed by atoms with van der Waals surface area (Å²) >= 11 is 0. The molecule has 1 aliphatic heterocycles. The fourth-order valence-electron chi connectivity index (χ4n) is 3.98. The fraction of sp³-hybridized carbons (Fsp3) is 0.458. The Morgan fingerprint density at radius 1 is 1.19 bits per heavy atom. The van der Waals surface area contributed by atoms with E-state index in [4.69, 9.17) is 13.7 Å². The molecular formula is C24H32N4O7PSi+. The van der Waals surface area contributed by atoms with Crippen LogP contribution in [-0.4, -0.2) is 63.7 Å². The van der Waals surface area contributed by atoms with Crippen LogP contribution in [0.25, 0.3) is 11.0 Å². The van der Waals surface area contributed by atoms with Gasteiger partial charge in [-0.3, -0.25) is 4.79 Å². The van der Waals surface area contributed by atoms with Gasteiger partial charge in [-0.1, -0.05) is 39.0 Å². The summed E-state index contributed by atoms with van der Waals surface area (Å²) in [5.41, 5.74) is 1.50. The number of carbonyl (C=O) groups is 1. The summed E-state index contributed by atoms with van der Waals surface area (Å²) in [5.74, 6) is -0.0538. The van der Waals surface area contributed by atoms with Crippen LogP contribution in [0.2, 0.25) is 18.1 Å². The van der Waals surface area contributed by atoms with Crippen molar-refractivity contribution in [1.82, 2.24) is 14.5 Å². The van der Waals surface area contributed by atoms with E-state index in [0.717, 1.165) is 0 Å². The van der Waals surface area contributed by atoms with Crippen LogP contribution in [0.3, 0.4) is 0 Å².